The number of nitrogens with one attached hydrogen (secondary N) is 1. The van der Waals surface area contributed by atoms with Crippen molar-refractivity contribution in [3.63, 3.8) is 0 Å². The maximum Gasteiger partial charge on any atom is 0.417 e. The number of alkyl halides is 3. The lowest BCUT2D eigenvalue weighted by Gasteiger charge is -2.11. The molecule has 1 aromatic carbocycles. The molecule has 0 saturated carbocycles. The predicted molar refractivity (Wildman–Crippen MR) is 89.8 cm³/mol. The highest BCUT2D eigenvalue weighted by Gasteiger charge is 2.34. The van der Waals surface area contributed by atoms with Gasteiger partial charge in [0, 0.05) is 5.38 Å². The summed E-state index contributed by atoms with van der Waals surface area (Å²) >= 11 is 8.31. The smallest absolute Gasteiger partial charge is 0.298 e. The minimum atomic E-state index is -4.60. The third-order valence-electron chi connectivity index (χ3n) is 3.03. The summed E-state index contributed by atoms with van der Waals surface area (Å²) in [6.45, 7) is 0. The molecule has 0 spiro atoms. The van der Waals surface area contributed by atoms with E-state index in [9.17, 15) is 18.0 Å². The Morgan fingerprint density at radius 3 is 2.58 bits per heavy atom. The van der Waals surface area contributed by atoms with E-state index in [1.165, 1.54) is 23.5 Å². The molecule has 1 N–H and O–H groups in total. The second-order valence-corrected chi connectivity index (χ2v) is 7.21. The van der Waals surface area contributed by atoms with Crippen molar-refractivity contribution in [2.24, 2.45) is 0 Å². The molecule has 24 heavy (non-hydrogen) atoms. The zero-order chi connectivity index (χ0) is 17.3. The summed E-state index contributed by atoms with van der Waals surface area (Å²) in [4.78, 5) is 17.2. The molecule has 1 amide bonds. The minimum Gasteiger partial charge on any atom is -0.298 e. The molecule has 0 fully saturated rings. The van der Waals surface area contributed by atoms with Gasteiger partial charge < -0.3 is 0 Å². The van der Waals surface area contributed by atoms with Gasteiger partial charge in [-0.1, -0.05) is 23.7 Å². The number of halogens is 4. The Labute approximate surface area is 147 Å². The Kier molecular flexibility index (Phi) is 4.62. The topological polar surface area (TPSA) is 42.0 Å². The molecule has 0 aliphatic rings. The Morgan fingerprint density at radius 2 is 1.92 bits per heavy atom. The molecule has 0 saturated heterocycles. The van der Waals surface area contributed by atoms with Crippen molar-refractivity contribution in [3.05, 3.63) is 57.2 Å². The van der Waals surface area contributed by atoms with Gasteiger partial charge in [-0.05, 0) is 24.3 Å². The van der Waals surface area contributed by atoms with E-state index in [0.29, 0.717) is 10.0 Å². The third kappa shape index (κ3) is 3.61. The summed E-state index contributed by atoms with van der Waals surface area (Å²) < 4.78 is 39.5. The summed E-state index contributed by atoms with van der Waals surface area (Å²) in [7, 11) is 0. The molecule has 0 aliphatic heterocycles. The fourth-order valence-electron chi connectivity index (χ4n) is 1.99. The van der Waals surface area contributed by atoms with Crippen molar-refractivity contribution in [2.45, 2.75) is 6.18 Å². The monoisotopic (exact) mass is 388 g/mol. The number of rotatable bonds is 3. The second-order valence-electron chi connectivity index (χ2n) is 4.64. The maximum atomic E-state index is 13.0. The van der Waals surface area contributed by atoms with E-state index in [-0.39, 0.29) is 5.13 Å². The third-order valence-corrected chi connectivity index (χ3v) is 5.04. The molecule has 124 valence electrons. The van der Waals surface area contributed by atoms with E-state index in [0.717, 1.165) is 28.3 Å². The summed E-state index contributed by atoms with van der Waals surface area (Å²) in [5.74, 6) is -0.854. The maximum absolute atomic E-state index is 13.0. The Morgan fingerprint density at radius 1 is 1.17 bits per heavy atom. The van der Waals surface area contributed by atoms with Gasteiger partial charge in [-0.2, -0.15) is 13.2 Å². The van der Waals surface area contributed by atoms with Crippen LogP contribution in [0.15, 0.2) is 41.8 Å². The molecule has 0 radical (unpaired) electrons. The highest BCUT2D eigenvalue weighted by atomic mass is 35.5. The van der Waals surface area contributed by atoms with Gasteiger partial charge in [0.2, 0.25) is 0 Å². The largest absolute Gasteiger partial charge is 0.417 e. The molecule has 0 atom stereocenters. The van der Waals surface area contributed by atoms with Crippen molar-refractivity contribution in [3.8, 4) is 10.6 Å². The van der Waals surface area contributed by atoms with Gasteiger partial charge in [0.05, 0.1) is 26.0 Å². The van der Waals surface area contributed by atoms with Crippen LogP contribution in [0.4, 0.5) is 18.3 Å². The number of nitrogens with zero attached hydrogens (tertiary/aromatic N) is 1. The quantitative estimate of drug-likeness (QED) is 0.616. The van der Waals surface area contributed by atoms with Gasteiger partial charge >= 0.3 is 6.18 Å². The first-order chi connectivity index (χ1) is 11.3. The molecule has 0 unspecified atom stereocenters. The first-order valence-electron chi connectivity index (χ1n) is 6.53. The number of aromatic nitrogens is 1. The highest BCUT2D eigenvalue weighted by Crippen LogP contribution is 2.34. The fourth-order valence-corrected chi connectivity index (χ4v) is 3.77. The van der Waals surface area contributed by atoms with Crippen molar-refractivity contribution >= 4 is 45.3 Å². The summed E-state index contributed by atoms with van der Waals surface area (Å²) in [5.41, 5.74) is -0.818. The van der Waals surface area contributed by atoms with Crippen LogP contribution in [0.3, 0.4) is 0 Å². The number of hydrogen-bond donors (Lipinski definition) is 1. The Hall–Kier alpha value is -1.90. The number of benzene rings is 1. The number of hydrogen-bond acceptors (Lipinski definition) is 4. The van der Waals surface area contributed by atoms with Gasteiger partial charge in [-0.25, -0.2) is 4.98 Å². The molecule has 2 aromatic heterocycles. The molecule has 3 rings (SSSR count). The number of anilines is 1. The normalized spacial score (nSPS) is 11.5. The van der Waals surface area contributed by atoms with E-state index < -0.39 is 23.2 Å². The van der Waals surface area contributed by atoms with E-state index in [1.54, 1.807) is 17.5 Å². The average Bonchev–Trinajstić information content (AvgIpc) is 3.15. The van der Waals surface area contributed by atoms with Crippen molar-refractivity contribution in [1.29, 1.82) is 0 Å². The van der Waals surface area contributed by atoms with Crippen molar-refractivity contribution in [1.82, 2.24) is 4.98 Å². The van der Waals surface area contributed by atoms with Crippen LogP contribution >= 0.6 is 34.3 Å². The number of carbonyl (C=O) groups is 1. The standard InChI is InChI=1S/C15H8ClF3N2OS2/c16-12-6-5-11(24-12)10-7-23-14(20-10)21-13(22)8-3-1-2-4-9(8)15(17,18)19/h1-7H,(H,20,21,22). The van der Waals surface area contributed by atoms with Crippen LogP contribution in [0.5, 0.6) is 0 Å². The highest BCUT2D eigenvalue weighted by molar-refractivity contribution is 7.20. The van der Waals surface area contributed by atoms with Crippen LogP contribution in [0.25, 0.3) is 10.6 Å². The summed E-state index contributed by atoms with van der Waals surface area (Å²) in [5, 5.41) is 4.33. The van der Waals surface area contributed by atoms with E-state index in [4.69, 9.17) is 11.6 Å². The lowest BCUT2D eigenvalue weighted by atomic mass is 10.1. The van der Waals surface area contributed by atoms with Crippen LogP contribution in [0, 0.1) is 0 Å². The van der Waals surface area contributed by atoms with Gasteiger partial charge in [0.25, 0.3) is 5.91 Å². The Bertz CT molecular complexity index is 889. The lowest BCUT2D eigenvalue weighted by Crippen LogP contribution is -2.18. The van der Waals surface area contributed by atoms with Crippen LogP contribution in [0.1, 0.15) is 15.9 Å². The summed E-state index contributed by atoms with van der Waals surface area (Å²) in [6, 6.07) is 8.12. The molecule has 2 heterocycles. The van der Waals surface area contributed by atoms with Crippen LogP contribution in [-0.4, -0.2) is 10.9 Å². The molecule has 0 bridgehead atoms. The van der Waals surface area contributed by atoms with Crippen LogP contribution in [-0.2, 0) is 6.18 Å². The summed E-state index contributed by atoms with van der Waals surface area (Å²) in [6.07, 6.45) is -4.60. The van der Waals surface area contributed by atoms with Gasteiger partial charge in [-0.15, -0.1) is 22.7 Å². The van der Waals surface area contributed by atoms with Crippen molar-refractivity contribution < 1.29 is 18.0 Å². The molecular weight excluding hydrogens is 381 g/mol. The molecule has 3 aromatic rings. The van der Waals surface area contributed by atoms with E-state index >= 15 is 0 Å². The Balaban J connectivity index is 1.83. The lowest BCUT2D eigenvalue weighted by molar-refractivity contribution is -0.137. The number of thiazole rings is 1. The molecule has 9 heteroatoms. The van der Waals surface area contributed by atoms with Gasteiger partial charge in [-0.3, -0.25) is 10.1 Å². The van der Waals surface area contributed by atoms with Crippen molar-refractivity contribution in [2.75, 3.05) is 5.32 Å². The van der Waals surface area contributed by atoms with Gasteiger partial charge in [0.1, 0.15) is 0 Å². The number of thiophene rings is 1. The van der Waals surface area contributed by atoms with E-state index in [2.05, 4.69) is 10.3 Å². The molecule has 0 aliphatic carbocycles. The molecule has 3 nitrogen and oxygen atoms in total. The zero-order valence-corrected chi connectivity index (χ0v) is 14.1. The van der Waals surface area contributed by atoms with Crippen LogP contribution in [0.2, 0.25) is 4.34 Å². The van der Waals surface area contributed by atoms with E-state index in [1.807, 2.05) is 0 Å². The van der Waals surface area contributed by atoms with Crippen LogP contribution < -0.4 is 5.32 Å². The fraction of sp³-hybridized carbons (Fsp3) is 0.0667. The minimum absolute atomic E-state index is 0.219. The predicted octanol–water partition coefficient (Wildman–Crippen LogP) is 5.80. The number of carbonyl (C=O) groups excluding carboxylic acids is 1. The molecular formula is C15H8ClF3N2OS2. The first kappa shape index (κ1) is 16.9. The first-order valence-corrected chi connectivity index (χ1v) is 8.61. The SMILES string of the molecule is O=C(Nc1nc(-c2ccc(Cl)s2)cs1)c1ccccc1C(F)(F)F. The number of amides is 1. The zero-order valence-electron chi connectivity index (χ0n) is 11.7. The average molecular weight is 389 g/mol. The van der Waals surface area contributed by atoms with Gasteiger partial charge in [0.15, 0.2) is 5.13 Å². The second kappa shape index (κ2) is 6.54.